The summed E-state index contributed by atoms with van der Waals surface area (Å²) in [7, 11) is 0. The van der Waals surface area contributed by atoms with E-state index in [1.54, 1.807) is 0 Å². The third kappa shape index (κ3) is 4.10. The first kappa shape index (κ1) is 14.6. The first-order chi connectivity index (χ1) is 9.35. The van der Waals surface area contributed by atoms with E-state index < -0.39 is 0 Å². The largest absolute Gasteiger partial charge is 0.357 e. The summed E-state index contributed by atoms with van der Waals surface area (Å²) in [6, 6.07) is 0.662. The maximum Gasteiger partial charge on any atom is 0.193 e. The standard InChI is InChI=1S/C15H30N4/c1-3-16-15(19-11-7-8-12-19)17-13-14-9-5-6-10-18(14)4-2/h14H,3-13H2,1-2H3,(H,16,17). The number of nitrogens with one attached hydrogen (secondary N) is 1. The van der Waals surface area contributed by atoms with Gasteiger partial charge in [0.15, 0.2) is 5.96 Å². The fraction of sp³-hybridized carbons (Fsp3) is 0.933. The molecule has 0 spiro atoms. The average Bonchev–Trinajstić information content (AvgIpc) is 2.97. The number of aliphatic imine (C=N–C) groups is 1. The van der Waals surface area contributed by atoms with Gasteiger partial charge in [-0.25, -0.2) is 0 Å². The summed E-state index contributed by atoms with van der Waals surface area (Å²) < 4.78 is 0. The Morgan fingerprint density at radius 3 is 2.53 bits per heavy atom. The Hall–Kier alpha value is -0.770. The van der Waals surface area contributed by atoms with Crippen molar-refractivity contribution in [2.24, 2.45) is 4.99 Å². The van der Waals surface area contributed by atoms with Gasteiger partial charge in [-0.3, -0.25) is 9.89 Å². The maximum atomic E-state index is 4.91. The lowest BCUT2D eigenvalue weighted by Gasteiger charge is -2.34. The first-order valence-electron chi connectivity index (χ1n) is 8.12. The van der Waals surface area contributed by atoms with E-state index in [1.165, 1.54) is 58.3 Å². The molecule has 110 valence electrons. The Labute approximate surface area is 118 Å². The smallest absolute Gasteiger partial charge is 0.193 e. The van der Waals surface area contributed by atoms with Gasteiger partial charge in [0.05, 0.1) is 6.54 Å². The van der Waals surface area contributed by atoms with E-state index in [1.807, 2.05) is 0 Å². The zero-order valence-corrected chi connectivity index (χ0v) is 12.7. The number of likely N-dealkylation sites (tertiary alicyclic amines) is 2. The van der Waals surface area contributed by atoms with Crippen molar-refractivity contribution in [3.05, 3.63) is 0 Å². The molecule has 1 unspecified atom stereocenters. The Kier molecular flexibility index (Phi) is 5.95. The molecule has 0 amide bonds. The van der Waals surface area contributed by atoms with Crippen LogP contribution in [0.15, 0.2) is 4.99 Å². The van der Waals surface area contributed by atoms with Crippen molar-refractivity contribution in [1.82, 2.24) is 15.1 Å². The van der Waals surface area contributed by atoms with Gasteiger partial charge in [0.2, 0.25) is 0 Å². The summed E-state index contributed by atoms with van der Waals surface area (Å²) in [6.07, 6.45) is 6.68. The van der Waals surface area contributed by atoms with Gasteiger partial charge in [0, 0.05) is 25.7 Å². The highest BCUT2D eigenvalue weighted by atomic mass is 15.3. The van der Waals surface area contributed by atoms with E-state index >= 15 is 0 Å². The molecule has 0 radical (unpaired) electrons. The molecule has 2 saturated heterocycles. The van der Waals surface area contributed by atoms with Gasteiger partial charge in [-0.05, 0) is 45.7 Å². The fourth-order valence-corrected chi connectivity index (χ4v) is 3.23. The molecule has 2 aliphatic heterocycles. The van der Waals surface area contributed by atoms with Gasteiger partial charge in [-0.2, -0.15) is 0 Å². The molecule has 2 fully saturated rings. The van der Waals surface area contributed by atoms with Crippen LogP contribution in [-0.2, 0) is 0 Å². The minimum atomic E-state index is 0.662. The lowest BCUT2D eigenvalue weighted by molar-refractivity contribution is 0.161. The van der Waals surface area contributed by atoms with Gasteiger partial charge in [-0.15, -0.1) is 0 Å². The van der Waals surface area contributed by atoms with E-state index in [4.69, 9.17) is 4.99 Å². The van der Waals surface area contributed by atoms with Crippen LogP contribution in [0.25, 0.3) is 0 Å². The Bertz CT molecular complexity index is 284. The van der Waals surface area contributed by atoms with Crippen molar-refractivity contribution in [2.45, 2.75) is 52.0 Å². The van der Waals surface area contributed by atoms with E-state index in [2.05, 4.69) is 29.0 Å². The van der Waals surface area contributed by atoms with E-state index in [0.29, 0.717) is 6.04 Å². The second kappa shape index (κ2) is 7.73. The summed E-state index contributed by atoms with van der Waals surface area (Å²) in [5.74, 6) is 1.14. The molecular weight excluding hydrogens is 236 g/mol. The van der Waals surface area contributed by atoms with Crippen LogP contribution >= 0.6 is 0 Å². The van der Waals surface area contributed by atoms with Crippen LogP contribution in [0, 0.1) is 0 Å². The van der Waals surface area contributed by atoms with Gasteiger partial charge < -0.3 is 10.2 Å². The van der Waals surface area contributed by atoms with Crippen molar-refractivity contribution >= 4 is 5.96 Å². The fourth-order valence-electron chi connectivity index (χ4n) is 3.23. The molecule has 0 aromatic rings. The maximum absolute atomic E-state index is 4.91. The summed E-state index contributed by atoms with van der Waals surface area (Å²) in [5.41, 5.74) is 0. The van der Waals surface area contributed by atoms with Gasteiger partial charge in [-0.1, -0.05) is 13.3 Å². The normalized spacial score (nSPS) is 25.9. The number of hydrogen-bond acceptors (Lipinski definition) is 2. The third-order valence-electron chi connectivity index (χ3n) is 4.35. The Morgan fingerprint density at radius 1 is 1.11 bits per heavy atom. The number of rotatable bonds is 4. The van der Waals surface area contributed by atoms with Gasteiger partial charge in [0.1, 0.15) is 0 Å². The summed E-state index contributed by atoms with van der Waals surface area (Å²) in [5, 5.41) is 3.45. The lowest BCUT2D eigenvalue weighted by Crippen LogP contribution is -2.43. The number of likely N-dealkylation sites (N-methyl/N-ethyl adjacent to an activating group) is 1. The molecule has 19 heavy (non-hydrogen) atoms. The first-order valence-corrected chi connectivity index (χ1v) is 8.12. The van der Waals surface area contributed by atoms with E-state index in [0.717, 1.165) is 19.0 Å². The molecule has 0 aromatic carbocycles. The SMILES string of the molecule is CCNC(=NCC1CCCCN1CC)N1CCCC1. The molecule has 0 saturated carbocycles. The molecule has 4 heteroatoms. The number of hydrogen-bond donors (Lipinski definition) is 1. The molecule has 2 aliphatic rings. The quantitative estimate of drug-likeness (QED) is 0.623. The predicted octanol–water partition coefficient (Wildman–Crippen LogP) is 1.92. The molecule has 1 N–H and O–H groups in total. The topological polar surface area (TPSA) is 30.9 Å². The highest BCUT2D eigenvalue weighted by molar-refractivity contribution is 5.80. The molecular formula is C15H30N4. The minimum absolute atomic E-state index is 0.662. The van der Waals surface area contributed by atoms with Crippen LogP contribution in [0.5, 0.6) is 0 Å². The molecule has 1 atom stereocenters. The summed E-state index contributed by atoms with van der Waals surface area (Å²) in [6.45, 7) is 11.1. The molecule has 2 heterocycles. The number of nitrogens with zero attached hydrogens (tertiary/aromatic N) is 3. The summed E-state index contributed by atoms with van der Waals surface area (Å²) >= 11 is 0. The molecule has 0 aliphatic carbocycles. The zero-order valence-electron chi connectivity index (χ0n) is 12.7. The zero-order chi connectivity index (χ0) is 13.5. The highest BCUT2D eigenvalue weighted by Gasteiger charge is 2.21. The highest BCUT2D eigenvalue weighted by Crippen LogP contribution is 2.17. The average molecular weight is 266 g/mol. The molecule has 4 nitrogen and oxygen atoms in total. The van der Waals surface area contributed by atoms with Crippen LogP contribution in [0.1, 0.15) is 46.0 Å². The van der Waals surface area contributed by atoms with Crippen LogP contribution in [0.3, 0.4) is 0 Å². The molecule has 0 bridgehead atoms. The van der Waals surface area contributed by atoms with Gasteiger partial charge in [0.25, 0.3) is 0 Å². The van der Waals surface area contributed by atoms with Crippen molar-refractivity contribution in [3.63, 3.8) is 0 Å². The Balaban J connectivity index is 1.92. The van der Waals surface area contributed by atoms with Crippen molar-refractivity contribution < 1.29 is 0 Å². The number of guanidine groups is 1. The third-order valence-corrected chi connectivity index (χ3v) is 4.35. The Morgan fingerprint density at radius 2 is 1.84 bits per heavy atom. The van der Waals surface area contributed by atoms with Crippen LogP contribution in [0.2, 0.25) is 0 Å². The summed E-state index contributed by atoms with van der Waals surface area (Å²) in [4.78, 5) is 9.92. The number of piperidine rings is 1. The van der Waals surface area contributed by atoms with Crippen LogP contribution in [-0.4, -0.2) is 61.1 Å². The van der Waals surface area contributed by atoms with E-state index in [9.17, 15) is 0 Å². The van der Waals surface area contributed by atoms with Crippen molar-refractivity contribution in [2.75, 3.05) is 39.3 Å². The monoisotopic (exact) mass is 266 g/mol. The van der Waals surface area contributed by atoms with Crippen LogP contribution < -0.4 is 5.32 Å². The van der Waals surface area contributed by atoms with Gasteiger partial charge >= 0.3 is 0 Å². The molecule has 2 rings (SSSR count). The predicted molar refractivity (Wildman–Crippen MR) is 81.7 cm³/mol. The van der Waals surface area contributed by atoms with Crippen molar-refractivity contribution in [3.8, 4) is 0 Å². The minimum Gasteiger partial charge on any atom is -0.357 e. The second-order valence-electron chi connectivity index (χ2n) is 5.67. The molecule has 0 aromatic heterocycles. The van der Waals surface area contributed by atoms with Crippen molar-refractivity contribution in [1.29, 1.82) is 0 Å². The second-order valence-corrected chi connectivity index (χ2v) is 5.67. The van der Waals surface area contributed by atoms with Crippen LogP contribution in [0.4, 0.5) is 0 Å². The lowest BCUT2D eigenvalue weighted by atomic mass is 10.0. The van der Waals surface area contributed by atoms with E-state index in [-0.39, 0.29) is 0 Å².